The summed E-state index contributed by atoms with van der Waals surface area (Å²) in [5.41, 5.74) is -0.322. The van der Waals surface area contributed by atoms with Gasteiger partial charge in [0.15, 0.2) is 5.82 Å². The number of aromatic nitrogens is 2. The average Bonchev–Trinajstić information content (AvgIpc) is 2.78. The van der Waals surface area contributed by atoms with Gasteiger partial charge >= 0.3 is 0 Å². The van der Waals surface area contributed by atoms with E-state index in [1.807, 2.05) is 0 Å². The van der Waals surface area contributed by atoms with Crippen molar-refractivity contribution in [2.24, 2.45) is 0 Å². The van der Waals surface area contributed by atoms with Gasteiger partial charge in [-0.1, -0.05) is 0 Å². The van der Waals surface area contributed by atoms with Crippen LogP contribution in [0.3, 0.4) is 0 Å². The van der Waals surface area contributed by atoms with Crippen LogP contribution in [0.4, 0.5) is 10.3 Å². The van der Waals surface area contributed by atoms with Crippen molar-refractivity contribution < 1.29 is 13.9 Å². The predicted octanol–water partition coefficient (Wildman–Crippen LogP) is 0.833. The monoisotopic (exact) mass is 227 g/mol. The molecule has 16 heavy (non-hydrogen) atoms. The lowest BCUT2D eigenvalue weighted by atomic mass is 10.0. The third-order valence-electron chi connectivity index (χ3n) is 2.69. The van der Waals surface area contributed by atoms with Crippen LogP contribution in [0.15, 0.2) is 12.4 Å². The predicted molar refractivity (Wildman–Crippen MR) is 55.7 cm³/mol. The molecule has 1 aromatic heterocycles. The van der Waals surface area contributed by atoms with Gasteiger partial charge in [0, 0.05) is 26.7 Å². The van der Waals surface area contributed by atoms with Gasteiger partial charge in [-0.3, -0.25) is 0 Å². The summed E-state index contributed by atoms with van der Waals surface area (Å²) in [6, 6.07) is 0. The highest BCUT2D eigenvalue weighted by Gasteiger charge is 2.34. The van der Waals surface area contributed by atoms with Crippen molar-refractivity contribution in [3.05, 3.63) is 18.2 Å². The maximum atomic E-state index is 12.6. The third-order valence-corrected chi connectivity index (χ3v) is 2.69. The fraction of sp³-hybridized carbons (Fsp3) is 0.600. The Bertz CT molecular complexity index is 338. The molecule has 1 N–H and O–H groups in total. The van der Waals surface area contributed by atoms with E-state index in [1.165, 1.54) is 0 Å². The lowest BCUT2D eigenvalue weighted by Crippen LogP contribution is -2.39. The minimum atomic E-state index is -0.448. The first-order chi connectivity index (χ1) is 7.74. The van der Waals surface area contributed by atoms with E-state index in [9.17, 15) is 4.39 Å². The molecule has 1 aliphatic rings. The van der Waals surface area contributed by atoms with E-state index >= 15 is 0 Å². The van der Waals surface area contributed by atoms with Gasteiger partial charge in [0.1, 0.15) is 5.60 Å². The molecule has 1 atom stereocenters. The Morgan fingerprint density at radius 2 is 2.31 bits per heavy atom. The van der Waals surface area contributed by atoms with Gasteiger partial charge < -0.3 is 14.8 Å². The van der Waals surface area contributed by atoms with Crippen LogP contribution < -0.4 is 5.32 Å². The Morgan fingerprint density at radius 1 is 1.56 bits per heavy atom. The second-order valence-electron chi connectivity index (χ2n) is 3.77. The highest BCUT2D eigenvalue weighted by Crippen LogP contribution is 2.22. The molecule has 0 bridgehead atoms. The largest absolute Gasteiger partial charge is 0.378 e. The van der Waals surface area contributed by atoms with E-state index in [1.54, 1.807) is 7.11 Å². The molecule has 0 aromatic carbocycles. The first-order valence-corrected chi connectivity index (χ1v) is 5.08. The van der Waals surface area contributed by atoms with Crippen LogP contribution in [-0.4, -0.2) is 42.4 Å². The van der Waals surface area contributed by atoms with Crippen molar-refractivity contribution in [1.29, 1.82) is 0 Å². The summed E-state index contributed by atoms with van der Waals surface area (Å²) in [7, 11) is 1.65. The van der Waals surface area contributed by atoms with E-state index in [0.29, 0.717) is 25.7 Å². The van der Waals surface area contributed by atoms with Crippen LogP contribution in [0, 0.1) is 5.82 Å². The minimum Gasteiger partial charge on any atom is -0.378 e. The van der Waals surface area contributed by atoms with Gasteiger partial charge in [-0.15, -0.1) is 0 Å². The SMILES string of the molecule is COC1(CNc2ncc(F)cn2)CCOC1. The minimum absolute atomic E-state index is 0.322. The molecule has 2 rings (SSSR count). The molecule has 0 spiro atoms. The summed E-state index contributed by atoms with van der Waals surface area (Å²) in [5, 5.41) is 3.01. The van der Waals surface area contributed by atoms with Crippen molar-refractivity contribution in [1.82, 2.24) is 9.97 Å². The zero-order chi connectivity index (χ0) is 11.4. The number of rotatable bonds is 4. The van der Waals surface area contributed by atoms with Crippen LogP contribution in [0.1, 0.15) is 6.42 Å². The molecule has 88 valence electrons. The number of nitrogens with zero attached hydrogens (tertiary/aromatic N) is 2. The summed E-state index contributed by atoms with van der Waals surface area (Å²) in [5.74, 6) is -0.0547. The first-order valence-electron chi connectivity index (χ1n) is 5.08. The summed E-state index contributed by atoms with van der Waals surface area (Å²) in [4.78, 5) is 7.62. The second kappa shape index (κ2) is 4.71. The third kappa shape index (κ3) is 2.45. The molecule has 5 nitrogen and oxygen atoms in total. The van der Waals surface area contributed by atoms with Gasteiger partial charge in [0.05, 0.1) is 19.0 Å². The van der Waals surface area contributed by atoms with Crippen LogP contribution >= 0.6 is 0 Å². The number of hydrogen-bond donors (Lipinski definition) is 1. The molecule has 0 aliphatic carbocycles. The number of ether oxygens (including phenoxy) is 2. The standard InChI is InChI=1S/C10H14FN3O2/c1-15-10(2-3-16-7-10)6-14-9-12-4-8(11)5-13-9/h4-5H,2-3,6-7H2,1H3,(H,12,13,14). The van der Waals surface area contributed by atoms with Crippen LogP contribution in [-0.2, 0) is 9.47 Å². The van der Waals surface area contributed by atoms with Gasteiger partial charge in [0.2, 0.25) is 5.95 Å². The quantitative estimate of drug-likeness (QED) is 0.825. The van der Waals surface area contributed by atoms with Gasteiger partial charge in [0.25, 0.3) is 0 Å². The Balaban J connectivity index is 1.93. The molecule has 0 radical (unpaired) electrons. The van der Waals surface area contributed by atoms with Gasteiger partial charge in [-0.25, -0.2) is 14.4 Å². The summed E-state index contributed by atoms with van der Waals surface area (Å²) in [6.07, 6.45) is 3.08. The Kier molecular flexibility index (Phi) is 3.31. The van der Waals surface area contributed by atoms with Crippen molar-refractivity contribution in [3.8, 4) is 0 Å². The number of hydrogen-bond acceptors (Lipinski definition) is 5. The van der Waals surface area contributed by atoms with E-state index < -0.39 is 5.82 Å². The molecular weight excluding hydrogens is 213 g/mol. The highest BCUT2D eigenvalue weighted by atomic mass is 19.1. The lowest BCUT2D eigenvalue weighted by Gasteiger charge is -2.25. The molecule has 0 amide bonds. The molecule has 1 saturated heterocycles. The molecule has 1 aliphatic heterocycles. The number of halogens is 1. The number of anilines is 1. The Morgan fingerprint density at radius 3 is 2.88 bits per heavy atom. The van der Waals surface area contributed by atoms with E-state index in [4.69, 9.17) is 9.47 Å². The molecular formula is C10H14FN3O2. The Hall–Kier alpha value is -1.27. The topological polar surface area (TPSA) is 56.3 Å². The fourth-order valence-electron chi connectivity index (χ4n) is 1.60. The lowest BCUT2D eigenvalue weighted by molar-refractivity contribution is -0.00631. The van der Waals surface area contributed by atoms with Crippen molar-refractivity contribution in [2.45, 2.75) is 12.0 Å². The fourth-order valence-corrected chi connectivity index (χ4v) is 1.60. The molecule has 6 heteroatoms. The highest BCUT2D eigenvalue weighted by molar-refractivity contribution is 5.23. The maximum absolute atomic E-state index is 12.6. The van der Waals surface area contributed by atoms with Gasteiger partial charge in [-0.2, -0.15) is 0 Å². The summed E-state index contributed by atoms with van der Waals surface area (Å²) in [6.45, 7) is 1.80. The van der Waals surface area contributed by atoms with Crippen LogP contribution in [0.25, 0.3) is 0 Å². The molecule has 1 fully saturated rings. The van der Waals surface area contributed by atoms with E-state index in [-0.39, 0.29) is 5.60 Å². The van der Waals surface area contributed by atoms with E-state index in [0.717, 1.165) is 18.8 Å². The smallest absolute Gasteiger partial charge is 0.222 e. The summed E-state index contributed by atoms with van der Waals surface area (Å²) < 4.78 is 23.3. The molecule has 1 unspecified atom stereocenters. The van der Waals surface area contributed by atoms with E-state index in [2.05, 4.69) is 15.3 Å². The number of methoxy groups -OCH3 is 1. The average molecular weight is 227 g/mol. The zero-order valence-corrected chi connectivity index (χ0v) is 9.07. The van der Waals surface area contributed by atoms with Gasteiger partial charge in [-0.05, 0) is 0 Å². The molecule has 2 heterocycles. The molecule has 1 aromatic rings. The number of nitrogens with one attached hydrogen (secondary N) is 1. The normalized spacial score (nSPS) is 24.6. The van der Waals surface area contributed by atoms with Crippen LogP contribution in [0.2, 0.25) is 0 Å². The van der Waals surface area contributed by atoms with Crippen molar-refractivity contribution in [2.75, 3.05) is 32.2 Å². The van der Waals surface area contributed by atoms with Crippen molar-refractivity contribution in [3.63, 3.8) is 0 Å². The van der Waals surface area contributed by atoms with Crippen LogP contribution in [0.5, 0.6) is 0 Å². The first kappa shape index (κ1) is 11.2. The summed E-state index contributed by atoms with van der Waals surface area (Å²) >= 11 is 0. The van der Waals surface area contributed by atoms with Crippen molar-refractivity contribution >= 4 is 5.95 Å². The molecule has 0 saturated carbocycles. The zero-order valence-electron chi connectivity index (χ0n) is 9.07. The second-order valence-corrected chi connectivity index (χ2v) is 3.77. The maximum Gasteiger partial charge on any atom is 0.222 e. The Labute approximate surface area is 93.0 Å².